The molecule has 1 aromatic heterocycles. The lowest BCUT2D eigenvalue weighted by molar-refractivity contribution is 0.0237. The molecular formula is C17H14N2O2. The van der Waals surface area contributed by atoms with Crippen LogP contribution in [0.25, 0.3) is 10.9 Å². The highest BCUT2D eigenvalue weighted by Gasteiger charge is 2.05. The Balaban J connectivity index is 1.66. The molecule has 0 saturated carbocycles. The molecule has 0 radical (unpaired) electrons. The Morgan fingerprint density at radius 2 is 1.76 bits per heavy atom. The van der Waals surface area contributed by atoms with E-state index in [2.05, 4.69) is 10.5 Å². The lowest BCUT2D eigenvalue weighted by atomic mass is 10.1. The predicted molar refractivity (Wildman–Crippen MR) is 80.4 cm³/mol. The van der Waals surface area contributed by atoms with Crippen LogP contribution in [-0.4, -0.2) is 10.9 Å². The molecule has 0 aliphatic rings. The van der Waals surface area contributed by atoms with Gasteiger partial charge in [-0.1, -0.05) is 36.4 Å². The molecule has 3 aromatic rings. The number of para-hydroxylation sites is 1. The van der Waals surface area contributed by atoms with E-state index < -0.39 is 0 Å². The first-order chi connectivity index (χ1) is 10.3. The monoisotopic (exact) mass is 278 g/mol. The van der Waals surface area contributed by atoms with Gasteiger partial charge in [-0.3, -0.25) is 14.6 Å². The second-order valence-corrected chi connectivity index (χ2v) is 4.57. The Labute approximate surface area is 122 Å². The van der Waals surface area contributed by atoms with Gasteiger partial charge in [-0.2, -0.15) is 0 Å². The van der Waals surface area contributed by atoms with Crippen LogP contribution in [0.4, 0.5) is 0 Å². The van der Waals surface area contributed by atoms with E-state index in [-0.39, 0.29) is 5.91 Å². The van der Waals surface area contributed by atoms with Crippen LogP contribution in [0.2, 0.25) is 0 Å². The van der Waals surface area contributed by atoms with Crippen molar-refractivity contribution in [2.24, 2.45) is 0 Å². The summed E-state index contributed by atoms with van der Waals surface area (Å²) in [6, 6.07) is 18.7. The van der Waals surface area contributed by atoms with Crippen LogP contribution in [0.5, 0.6) is 0 Å². The summed E-state index contributed by atoms with van der Waals surface area (Å²) in [5.74, 6) is -0.256. The Kier molecular flexibility index (Phi) is 3.89. The Morgan fingerprint density at radius 3 is 2.62 bits per heavy atom. The van der Waals surface area contributed by atoms with Crippen LogP contribution < -0.4 is 5.48 Å². The van der Waals surface area contributed by atoms with Crippen molar-refractivity contribution in [2.45, 2.75) is 6.61 Å². The number of hydroxylamine groups is 1. The lowest BCUT2D eigenvalue weighted by Gasteiger charge is -2.08. The summed E-state index contributed by atoms with van der Waals surface area (Å²) >= 11 is 0. The third-order valence-corrected chi connectivity index (χ3v) is 3.17. The first-order valence-electron chi connectivity index (χ1n) is 6.64. The fraction of sp³-hybridized carbons (Fsp3) is 0.0588. The van der Waals surface area contributed by atoms with Crippen LogP contribution in [-0.2, 0) is 11.4 Å². The lowest BCUT2D eigenvalue weighted by Crippen LogP contribution is -2.23. The van der Waals surface area contributed by atoms with Crippen molar-refractivity contribution < 1.29 is 9.63 Å². The fourth-order valence-corrected chi connectivity index (χ4v) is 2.11. The zero-order valence-corrected chi connectivity index (χ0v) is 11.3. The summed E-state index contributed by atoms with van der Waals surface area (Å²) in [5.41, 5.74) is 4.91. The van der Waals surface area contributed by atoms with Gasteiger partial charge in [0.15, 0.2) is 0 Å². The van der Waals surface area contributed by atoms with E-state index in [1.807, 2.05) is 48.5 Å². The van der Waals surface area contributed by atoms with E-state index in [1.54, 1.807) is 18.3 Å². The zero-order chi connectivity index (χ0) is 14.5. The average Bonchev–Trinajstić information content (AvgIpc) is 2.56. The van der Waals surface area contributed by atoms with Crippen LogP contribution >= 0.6 is 0 Å². The van der Waals surface area contributed by atoms with Crippen molar-refractivity contribution in [3.05, 3.63) is 78.0 Å². The molecule has 0 unspecified atom stereocenters. The molecule has 0 saturated heterocycles. The Hall–Kier alpha value is -2.72. The molecule has 0 spiro atoms. The van der Waals surface area contributed by atoms with Crippen molar-refractivity contribution in [1.82, 2.24) is 10.5 Å². The zero-order valence-electron chi connectivity index (χ0n) is 11.3. The van der Waals surface area contributed by atoms with Gasteiger partial charge in [0.1, 0.15) is 6.61 Å². The van der Waals surface area contributed by atoms with Gasteiger partial charge in [-0.05, 0) is 29.8 Å². The molecule has 0 fully saturated rings. The van der Waals surface area contributed by atoms with Gasteiger partial charge in [0.05, 0.1) is 5.52 Å². The van der Waals surface area contributed by atoms with E-state index in [0.717, 1.165) is 16.5 Å². The quantitative estimate of drug-likeness (QED) is 0.746. The molecule has 0 bridgehead atoms. The summed E-state index contributed by atoms with van der Waals surface area (Å²) in [6.07, 6.45) is 1.74. The van der Waals surface area contributed by atoms with Crippen molar-refractivity contribution >= 4 is 16.8 Å². The molecule has 4 nitrogen and oxygen atoms in total. The molecule has 0 atom stereocenters. The number of carbonyl (C=O) groups is 1. The predicted octanol–water partition coefficient (Wildman–Crippen LogP) is 3.10. The SMILES string of the molecule is O=C(NOCc1ccnc2ccccc12)c1ccccc1. The van der Waals surface area contributed by atoms with Gasteiger partial charge in [-0.15, -0.1) is 0 Å². The number of rotatable bonds is 4. The van der Waals surface area contributed by atoms with Crippen molar-refractivity contribution in [2.75, 3.05) is 0 Å². The number of amides is 1. The molecule has 1 amide bonds. The number of fused-ring (bicyclic) bond motifs is 1. The van der Waals surface area contributed by atoms with E-state index >= 15 is 0 Å². The van der Waals surface area contributed by atoms with Gasteiger partial charge >= 0.3 is 0 Å². The maximum atomic E-state index is 11.9. The number of benzene rings is 2. The molecule has 3 rings (SSSR count). The minimum atomic E-state index is -0.256. The number of hydrogen-bond acceptors (Lipinski definition) is 3. The second kappa shape index (κ2) is 6.15. The molecule has 21 heavy (non-hydrogen) atoms. The Morgan fingerprint density at radius 1 is 1.00 bits per heavy atom. The minimum absolute atomic E-state index is 0.256. The van der Waals surface area contributed by atoms with E-state index in [1.165, 1.54) is 0 Å². The number of carbonyl (C=O) groups excluding carboxylic acids is 1. The summed E-state index contributed by atoms with van der Waals surface area (Å²) in [7, 11) is 0. The maximum absolute atomic E-state index is 11.9. The smallest absolute Gasteiger partial charge is 0.269 e. The van der Waals surface area contributed by atoms with Gasteiger partial charge < -0.3 is 0 Å². The largest absolute Gasteiger partial charge is 0.274 e. The highest BCUT2D eigenvalue weighted by Crippen LogP contribution is 2.16. The molecule has 4 heteroatoms. The first kappa shape index (κ1) is 13.3. The topological polar surface area (TPSA) is 51.2 Å². The second-order valence-electron chi connectivity index (χ2n) is 4.57. The van der Waals surface area contributed by atoms with Gasteiger partial charge in [-0.25, -0.2) is 5.48 Å². The highest BCUT2D eigenvalue weighted by atomic mass is 16.6. The maximum Gasteiger partial charge on any atom is 0.274 e. The van der Waals surface area contributed by atoms with Crippen molar-refractivity contribution in [3.63, 3.8) is 0 Å². The molecule has 1 N–H and O–H groups in total. The van der Waals surface area contributed by atoms with E-state index in [9.17, 15) is 4.79 Å². The van der Waals surface area contributed by atoms with Crippen LogP contribution in [0.3, 0.4) is 0 Å². The molecular weight excluding hydrogens is 264 g/mol. The number of aromatic nitrogens is 1. The number of pyridine rings is 1. The van der Waals surface area contributed by atoms with Gasteiger partial charge in [0, 0.05) is 17.1 Å². The van der Waals surface area contributed by atoms with Crippen LogP contribution in [0, 0.1) is 0 Å². The number of nitrogens with one attached hydrogen (secondary N) is 1. The molecule has 0 aliphatic heterocycles. The molecule has 2 aromatic carbocycles. The normalized spacial score (nSPS) is 10.5. The van der Waals surface area contributed by atoms with Crippen LogP contribution in [0.1, 0.15) is 15.9 Å². The summed E-state index contributed by atoms with van der Waals surface area (Å²) in [5, 5.41) is 1.02. The van der Waals surface area contributed by atoms with Crippen molar-refractivity contribution in [1.29, 1.82) is 0 Å². The Bertz CT molecular complexity index is 752. The van der Waals surface area contributed by atoms with E-state index in [4.69, 9.17) is 4.84 Å². The average molecular weight is 278 g/mol. The fourth-order valence-electron chi connectivity index (χ4n) is 2.11. The molecule has 0 aliphatic carbocycles. The third kappa shape index (κ3) is 3.07. The number of hydrogen-bond donors (Lipinski definition) is 1. The van der Waals surface area contributed by atoms with Gasteiger partial charge in [0.2, 0.25) is 0 Å². The van der Waals surface area contributed by atoms with Crippen LogP contribution in [0.15, 0.2) is 66.9 Å². The van der Waals surface area contributed by atoms with Gasteiger partial charge in [0.25, 0.3) is 5.91 Å². The summed E-state index contributed by atoms with van der Waals surface area (Å²) in [4.78, 5) is 21.5. The highest BCUT2D eigenvalue weighted by molar-refractivity contribution is 5.93. The third-order valence-electron chi connectivity index (χ3n) is 3.17. The van der Waals surface area contributed by atoms with E-state index in [0.29, 0.717) is 12.2 Å². The first-order valence-corrected chi connectivity index (χ1v) is 6.64. The standard InChI is InChI=1S/C17H14N2O2/c20-17(13-6-2-1-3-7-13)19-21-12-14-10-11-18-16-9-5-4-8-15(14)16/h1-11H,12H2,(H,19,20). The minimum Gasteiger partial charge on any atom is -0.269 e. The molecule has 104 valence electrons. The molecule has 1 heterocycles. The van der Waals surface area contributed by atoms with Crippen molar-refractivity contribution in [3.8, 4) is 0 Å². The summed E-state index contributed by atoms with van der Waals surface area (Å²) < 4.78 is 0. The summed E-state index contributed by atoms with van der Waals surface area (Å²) in [6.45, 7) is 0.293. The number of nitrogens with zero attached hydrogens (tertiary/aromatic N) is 1.